The normalized spacial score (nSPS) is 12.1. The van der Waals surface area contributed by atoms with E-state index in [0.29, 0.717) is 12.1 Å². The minimum absolute atomic E-state index is 0.163. The van der Waals surface area contributed by atoms with Crippen molar-refractivity contribution in [2.75, 3.05) is 6.54 Å². The molecular weight excluding hydrogens is 401 g/mol. The van der Waals surface area contributed by atoms with Crippen LogP contribution in [-0.4, -0.2) is 22.0 Å². The monoisotopic (exact) mass is 429 g/mol. The molecule has 1 atom stereocenters. The fourth-order valence-electron chi connectivity index (χ4n) is 4.07. The van der Waals surface area contributed by atoms with Gasteiger partial charge in [0.25, 0.3) is 5.91 Å². The zero-order chi connectivity index (χ0) is 22.3. The number of nitrogens with one attached hydrogen (secondary N) is 1. The van der Waals surface area contributed by atoms with Crippen LogP contribution in [0.15, 0.2) is 78.9 Å². The van der Waals surface area contributed by atoms with E-state index >= 15 is 0 Å². The highest BCUT2D eigenvalue weighted by molar-refractivity contribution is 5.94. The van der Waals surface area contributed by atoms with Crippen molar-refractivity contribution >= 4 is 16.9 Å². The van der Waals surface area contributed by atoms with Gasteiger partial charge in [0.2, 0.25) is 0 Å². The van der Waals surface area contributed by atoms with Crippen LogP contribution in [0.4, 0.5) is 4.39 Å². The smallest absolute Gasteiger partial charge is 0.251 e. The van der Waals surface area contributed by atoms with Gasteiger partial charge < -0.3 is 9.88 Å². The van der Waals surface area contributed by atoms with Crippen molar-refractivity contribution in [3.8, 4) is 0 Å². The molecule has 4 rings (SSSR count). The zero-order valence-electron chi connectivity index (χ0n) is 18.3. The maximum Gasteiger partial charge on any atom is 0.251 e. The van der Waals surface area contributed by atoms with Crippen molar-refractivity contribution in [1.29, 1.82) is 0 Å². The number of fused-ring (bicyclic) bond motifs is 1. The number of para-hydroxylation sites is 2. The summed E-state index contributed by atoms with van der Waals surface area (Å²) in [6.45, 7) is 2.82. The molecule has 1 heterocycles. The summed E-state index contributed by atoms with van der Waals surface area (Å²) in [6, 6.07) is 24.6. The van der Waals surface area contributed by atoms with Gasteiger partial charge in [0.15, 0.2) is 0 Å². The fraction of sp³-hybridized carbons (Fsp3) is 0.259. The average molecular weight is 430 g/mol. The first-order valence-electron chi connectivity index (χ1n) is 11.2. The van der Waals surface area contributed by atoms with Gasteiger partial charge in [0, 0.05) is 18.5 Å². The van der Waals surface area contributed by atoms with E-state index in [-0.39, 0.29) is 17.8 Å². The number of unbranched alkanes of at least 4 members (excludes halogenated alkanes) is 2. The minimum atomic E-state index is -0.339. The third-order valence-electron chi connectivity index (χ3n) is 5.81. The van der Waals surface area contributed by atoms with E-state index in [2.05, 4.69) is 59.3 Å². The third kappa shape index (κ3) is 5.05. The minimum Gasteiger partial charge on any atom is -0.352 e. The number of rotatable bonds is 9. The topological polar surface area (TPSA) is 46.9 Å². The Morgan fingerprint density at radius 1 is 0.938 bits per heavy atom. The second-order valence-corrected chi connectivity index (χ2v) is 8.05. The van der Waals surface area contributed by atoms with Crippen LogP contribution in [0.25, 0.3) is 11.0 Å². The van der Waals surface area contributed by atoms with Crippen LogP contribution in [0.5, 0.6) is 0 Å². The van der Waals surface area contributed by atoms with E-state index in [9.17, 15) is 9.18 Å². The Labute approximate surface area is 188 Å². The number of hydrogen-bond acceptors (Lipinski definition) is 2. The van der Waals surface area contributed by atoms with Gasteiger partial charge in [-0.05, 0) is 61.7 Å². The maximum absolute atomic E-state index is 13.0. The van der Waals surface area contributed by atoms with Crippen LogP contribution in [-0.2, 0) is 6.42 Å². The Morgan fingerprint density at radius 2 is 1.66 bits per heavy atom. The molecule has 0 saturated heterocycles. The molecule has 1 unspecified atom stereocenters. The number of aryl methyl sites for hydroxylation is 1. The van der Waals surface area contributed by atoms with Gasteiger partial charge in [-0.2, -0.15) is 0 Å². The molecule has 3 aromatic carbocycles. The summed E-state index contributed by atoms with van der Waals surface area (Å²) in [5, 5.41) is 2.91. The predicted molar refractivity (Wildman–Crippen MR) is 126 cm³/mol. The van der Waals surface area contributed by atoms with Crippen LogP contribution in [0.1, 0.15) is 54.0 Å². The molecule has 0 radical (unpaired) electrons. The van der Waals surface area contributed by atoms with Crippen LogP contribution in [0, 0.1) is 5.82 Å². The van der Waals surface area contributed by atoms with E-state index in [1.807, 2.05) is 12.1 Å². The SMILES string of the molecule is CC(c1ccccc1)n1c(CCCCCNC(=O)c2ccc(F)cc2)nc2ccccc21. The molecule has 32 heavy (non-hydrogen) atoms. The van der Waals surface area contributed by atoms with Gasteiger partial charge in [-0.15, -0.1) is 0 Å². The van der Waals surface area contributed by atoms with E-state index in [1.165, 1.54) is 29.8 Å². The summed E-state index contributed by atoms with van der Waals surface area (Å²) in [5.74, 6) is 0.593. The number of carbonyl (C=O) groups excluding carboxylic acids is 1. The molecule has 0 saturated carbocycles. The molecule has 0 bridgehead atoms. The number of imidazole rings is 1. The van der Waals surface area contributed by atoms with Crippen molar-refractivity contribution in [3.05, 3.63) is 102 Å². The van der Waals surface area contributed by atoms with Crippen molar-refractivity contribution < 1.29 is 9.18 Å². The molecule has 0 spiro atoms. The molecule has 0 aliphatic heterocycles. The lowest BCUT2D eigenvalue weighted by atomic mass is 10.1. The Morgan fingerprint density at radius 3 is 2.44 bits per heavy atom. The third-order valence-corrected chi connectivity index (χ3v) is 5.81. The first kappa shape index (κ1) is 21.8. The van der Waals surface area contributed by atoms with Gasteiger partial charge in [-0.25, -0.2) is 9.37 Å². The highest BCUT2D eigenvalue weighted by Crippen LogP contribution is 2.26. The van der Waals surface area contributed by atoms with Gasteiger partial charge >= 0.3 is 0 Å². The van der Waals surface area contributed by atoms with Crippen LogP contribution < -0.4 is 5.32 Å². The number of halogens is 1. The second kappa shape index (κ2) is 10.2. The van der Waals surface area contributed by atoms with Crippen molar-refractivity contribution in [2.24, 2.45) is 0 Å². The molecule has 4 aromatic rings. The molecular formula is C27H28FN3O. The predicted octanol–water partition coefficient (Wildman–Crippen LogP) is 5.93. The number of benzene rings is 3. The van der Waals surface area contributed by atoms with Gasteiger partial charge in [0.05, 0.1) is 17.1 Å². The highest BCUT2D eigenvalue weighted by atomic mass is 19.1. The maximum atomic E-state index is 13.0. The average Bonchev–Trinajstić information content (AvgIpc) is 3.20. The van der Waals surface area contributed by atoms with Crippen molar-refractivity contribution in [2.45, 2.75) is 38.6 Å². The number of hydrogen-bond donors (Lipinski definition) is 1. The molecule has 164 valence electrons. The lowest BCUT2D eigenvalue weighted by molar-refractivity contribution is 0.0953. The number of carbonyl (C=O) groups is 1. The Balaban J connectivity index is 1.34. The van der Waals surface area contributed by atoms with Crippen molar-refractivity contribution in [1.82, 2.24) is 14.9 Å². The Kier molecular flexibility index (Phi) is 6.95. The number of aromatic nitrogens is 2. The summed E-state index contributed by atoms with van der Waals surface area (Å²) in [4.78, 5) is 17.0. The molecule has 0 aliphatic rings. The number of nitrogens with zero attached hydrogens (tertiary/aromatic N) is 2. The van der Waals surface area contributed by atoms with E-state index in [1.54, 1.807) is 0 Å². The van der Waals surface area contributed by atoms with Gasteiger partial charge in [-0.1, -0.05) is 48.9 Å². The van der Waals surface area contributed by atoms with E-state index in [4.69, 9.17) is 4.98 Å². The molecule has 0 aliphatic carbocycles. The largest absolute Gasteiger partial charge is 0.352 e. The summed E-state index contributed by atoms with van der Waals surface area (Å²) < 4.78 is 15.3. The molecule has 1 N–H and O–H groups in total. The van der Waals surface area contributed by atoms with Crippen LogP contribution >= 0.6 is 0 Å². The Bertz CT molecular complexity index is 1170. The van der Waals surface area contributed by atoms with Crippen molar-refractivity contribution in [3.63, 3.8) is 0 Å². The highest BCUT2D eigenvalue weighted by Gasteiger charge is 2.16. The lowest BCUT2D eigenvalue weighted by Gasteiger charge is -2.18. The first-order chi connectivity index (χ1) is 15.6. The van der Waals surface area contributed by atoms with Crippen LogP contribution in [0.2, 0.25) is 0 Å². The summed E-state index contributed by atoms with van der Waals surface area (Å²) in [5.41, 5.74) is 3.93. The molecule has 1 aromatic heterocycles. The number of amides is 1. The fourth-order valence-corrected chi connectivity index (χ4v) is 4.07. The lowest BCUT2D eigenvalue weighted by Crippen LogP contribution is -2.24. The summed E-state index contributed by atoms with van der Waals surface area (Å²) in [6.07, 6.45) is 3.77. The Hall–Kier alpha value is -3.47. The first-order valence-corrected chi connectivity index (χ1v) is 11.2. The molecule has 4 nitrogen and oxygen atoms in total. The van der Waals surface area contributed by atoms with Gasteiger partial charge in [0.1, 0.15) is 11.6 Å². The quantitative estimate of drug-likeness (QED) is 0.335. The summed E-state index contributed by atoms with van der Waals surface area (Å²) >= 11 is 0. The van der Waals surface area contributed by atoms with E-state index < -0.39 is 0 Å². The van der Waals surface area contributed by atoms with E-state index in [0.717, 1.165) is 42.5 Å². The summed E-state index contributed by atoms with van der Waals surface area (Å²) in [7, 11) is 0. The standard InChI is InChI=1S/C27H28FN3O/c1-20(21-10-4-2-5-11-21)31-25-13-8-7-12-24(25)30-26(31)14-6-3-9-19-29-27(32)22-15-17-23(28)18-16-22/h2,4-5,7-8,10-13,15-18,20H,3,6,9,14,19H2,1H3,(H,29,32). The molecule has 5 heteroatoms. The van der Waals surface area contributed by atoms with Crippen LogP contribution in [0.3, 0.4) is 0 Å². The zero-order valence-corrected chi connectivity index (χ0v) is 18.3. The van der Waals surface area contributed by atoms with Gasteiger partial charge in [-0.3, -0.25) is 4.79 Å². The molecule has 0 fully saturated rings. The second-order valence-electron chi connectivity index (χ2n) is 8.05. The molecule has 1 amide bonds.